The minimum atomic E-state index is -0.331. The summed E-state index contributed by atoms with van der Waals surface area (Å²) in [5.74, 6) is 0.0848. The lowest BCUT2D eigenvalue weighted by atomic mass is 10.2. The van der Waals surface area contributed by atoms with E-state index in [2.05, 4.69) is 20.7 Å². The van der Waals surface area contributed by atoms with Crippen LogP contribution in [0.3, 0.4) is 0 Å². The molecule has 0 fully saturated rings. The Kier molecular flexibility index (Phi) is 5.26. The van der Waals surface area contributed by atoms with E-state index in [9.17, 15) is 9.90 Å². The number of benzene rings is 1. The Balaban J connectivity index is 1.89. The number of hydrazone groups is 1. The van der Waals surface area contributed by atoms with Gasteiger partial charge in [-0.25, -0.2) is 5.43 Å². The lowest BCUT2D eigenvalue weighted by molar-refractivity contribution is -0.120. The lowest BCUT2D eigenvalue weighted by Gasteiger charge is -2.05. The number of phenols is 1. The average molecular weight is 321 g/mol. The molecule has 8 nitrogen and oxygen atoms in total. The molecule has 2 aromatic rings. The van der Waals surface area contributed by atoms with Gasteiger partial charge in [-0.1, -0.05) is 11.3 Å². The van der Waals surface area contributed by atoms with Gasteiger partial charge in [-0.15, -0.1) is 10.2 Å². The fourth-order valence-corrected chi connectivity index (χ4v) is 2.19. The first-order chi connectivity index (χ1) is 10.6. The van der Waals surface area contributed by atoms with Crippen molar-refractivity contribution >= 4 is 28.6 Å². The van der Waals surface area contributed by atoms with Crippen LogP contribution in [0.15, 0.2) is 23.3 Å². The Bertz CT molecular complexity index is 686. The van der Waals surface area contributed by atoms with E-state index >= 15 is 0 Å². The number of nitrogens with zero attached hydrogens (tertiary/aromatic N) is 3. The second-order valence-corrected chi connectivity index (χ2v) is 5.26. The van der Waals surface area contributed by atoms with E-state index in [0.717, 1.165) is 11.3 Å². The minimum Gasteiger partial charge on any atom is -0.504 e. The van der Waals surface area contributed by atoms with Crippen molar-refractivity contribution in [3.05, 3.63) is 28.8 Å². The second kappa shape index (κ2) is 7.36. The van der Waals surface area contributed by atoms with Gasteiger partial charge in [0.15, 0.2) is 11.5 Å². The maximum absolute atomic E-state index is 11.6. The minimum absolute atomic E-state index is 0.0152. The summed E-state index contributed by atoms with van der Waals surface area (Å²) in [7, 11) is 0. The molecule has 1 aromatic heterocycles. The molecule has 0 atom stereocenters. The van der Waals surface area contributed by atoms with Crippen molar-refractivity contribution < 1.29 is 14.6 Å². The van der Waals surface area contributed by atoms with Crippen LogP contribution in [-0.4, -0.2) is 34.0 Å². The number of hydrogen-bond acceptors (Lipinski definition) is 8. The predicted molar refractivity (Wildman–Crippen MR) is 83.0 cm³/mol. The number of nitrogen functional groups attached to an aromatic ring is 1. The molecule has 0 unspecified atom stereocenters. The van der Waals surface area contributed by atoms with Crippen molar-refractivity contribution in [3.63, 3.8) is 0 Å². The number of amides is 1. The molecular weight excluding hydrogens is 306 g/mol. The molecule has 0 saturated heterocycles. The van der Waals surface area contributed by atoms with Gasteiger partial charge in [0.1, 0.15) is 5.01 Å². The number of carbonyl (C=O) groups is 1. The number of nitrogens with one attached hydrogen (secondary N) is 1. The third-order valence-corrected chi connectivity index (χ3v) is 3.23. The molecular formula is C13H15N5O3S. The largest absolute Gasteiger partial charge is 0.504 e. The number of aromatic nitrogens is 2. The lowest BCUT2D eigenvalue weighted by Crippen LogP contribution is -2.19. The van der Waals surface area contributed by atoms with Crippen LogP contribution in [0.4, 0.5) is 5.13 Å². The van der Waals surface area contributed by atoms with Crippen LogP contribution in [0.1, 0.15) is 17.5 Å². The first kappa shape index (κ1) is 15.7. The summed E-state index contributed by atoms with van der Waals surface area (Å²) in [6, 6.07) is 4.84. The van der Waals surface area contributed by atoms with Gasteiger partial charge in [-0.2, -0.15) is 5.10 Å². The highest BCUT2D eigenvalue weighted by molar-refractivity contribution is 7.15. The van der Waals surface area contributed by atoms with E-state index in [1.165, 1.54) is 12.3 Å². The number of phenolic OH excluding ortho intramolecular Hbond substituents is 1. The zero-order valence-electron chi connectivity index (χ0n) is 11.8. The third kappa shape index (κ3) is 4.42. The maximum Gasteiger partial charge on any atom is 0.247 e. The Labute approximate surface area is 130 Å². The van der Waals surface area contributed by atoms with Crippen molar-refractivity contribution in [2.45, 2.75) is 13.3 Å². The average Bonchev–Trinajstić information content (AvgIpc) is 2.87. The van der Waals surface area contributed by atoms with Crippen LogP contribution in [-0.2, 0) is 11.2 Å². The predicted octanol–water partition coefficient (Wildman–Crippen LogP) is 0.917. The zero-order chi connectivity index (χ0) is 15.9. The smallest absolute Gasteiger partial charge is 0.247 e. The van der Waals surface area contributed by atoms with Gasteiger partial charge in [0.05, 0.1) is 19.2 Å². The van der Waals surface area contributed by atoms with E-state index in [4.69, 9.17) is 10.5 Å². The molecule has 0 spiro atoms. The molecule has 116 valence electrons. The molecule has 0 aliphatic carbocycles. The first-order valence-corrected chi connectivity index (χ1v) is 7.25. The number of nitrogens with two attached hydrogens (primary N) is 1. The van der Waals surface area contributed by atoms with E-state index in [0.29, 0.717) is 28.1 Å². The third-order valence-electron chi connectivity index (χ3n) is 2.48. The fraction of sp³-hybridized carbons (Fsp3) is 0.231. The maximum atomic E-state index is 11.6. The highest BCUT2D eigenvalue weighted by Crippen LogP contribution is 2.25. The molecule has 1 amide bonds. The summed E-state index contributed by atoms with van der Waals surface area (Å²) in [6.07, 6.45) is 1.47. The molecule has 0 aliphatic heterocycles. The van der Waals surface area contributed by atoms with Crippen LogP contribution in [0.5, 0.6) is 11.5 Å². The number of rotatable bonds is 6. The van der Waals surface area contributed by atoms with Crippen LogP contribution >= 0.6 is 11.3 Å². The van der Waals surface area contributed by atoms with Gasteiger partial charge in [0.25, 0.3) is 0 Å². The van der Waals surface area contributed by atoms with Gasteiger partial charge in [0, 0.05) is 0 Å². The van der Waals surface area contributed by atoms with Crippen molar-refractivity contribution in [3.8, 4) is 11.5 Å². The highest BCUT2D eigenvalue weighted by atomic mass is 32.1. The number of carbonyl (C=O) groups excluding carboxylic acids is 1. The van der Waals surface area contributed by atoms with E-state index in [-0.39, 0.29) is 18.1 Å². The molecule has 0 saturated carbocycles. The van der Waals surface area contributed by atoms with E-state index in [1.54, 1.807) is 12.1 Å². The van der Waals surface area contributed by atoms with Crippen LogP contribution in [0.25, 0.3) is 0 Å². The normalized spacial score (nSPS) is 10.8. The molecule has 22 heavy (non-hydrogen) atoms. The molecule has 1 heterocycles. The standard InChI is InChI=1S/C13H15N5O3S/c1-2-21-10-4-3-8(5-9(10)19)7-15-16-11(20)6-12-17-18-13(14)22-12/h3-5,7,19H,2,6H2,1H3,(H2,14,18)(H,16,20)/b15-7+. The van der Waals surface area contributed by atoms with Gasteiger partial charge in [0.2, 0.25) is 11.0 Å². The quantitative estimate of drug-likeness (QED) is 0.537. The molecule has 4 N–H and O–H groups in total. The number of ether oxygens (including phenoxy) is 1. The van der Waals surface area contributed by atoms with Crippen LogP contribution in [0.2, 0.25) is 0 Å². The summed E-state index contributed by atoms with van der Waals surface area (Å²) < 4.78 is 5.22. The van der Waals surface area contributed by atoms with Crippen molar-refractivity contribution in [2.75, 3.05) is 12.3 Å². The SMILES string of the molecule is CCOc1ccc(/C=N/NC(=O)Cc2nnc(N)s2)cc1O. The molecule has 1 aromatic carbocycles. The molecule has 0 aliphatic rings. The van der Waals surface area contributed by atoms with Gasteiger partial charge in [-0.3, -0.25) is 4.79 Å². The Hall–Kier alpha value is -2.68. The molecule has 9 heteroatoms. The van der Waals surface area contributed by atoms with Gasteiger partial charge < -0.3 is 15.6 Å². The van der Waals surface area contributed by atoms with Crippen molar-refractivity contribution in [1.29, 1.82) is 0 Å². The van der Waals surface area contributed by atoms with Crippen molar-refractivity contribution in [1.82, 2.24) is 15.6 Å². The first-order valence-electron chi connectivity index (χ1n) is 6.44. The second-order valence-electron chi connectivity index (χ2n) is 4.16. The number of hydrogen-bond donors (Lipinski definition) is 3. The van der Waals surface area contributed by atoms with Crippen LogP contribution < -0.4 is 15.9 Å². The molecule has 0 radical (unpaired) electrons. The molecule has 0 bridgehead atoms. The number of aromatic hydroxyl groups is 1. The Morgan fingerprint density at radius 1 is 1.55 bits per heavy atom. The van der Waals surface area contributed by atoms with Crippen LogP contribution in [0, 0.1) is 0 Å². The topological polar surface area (TPSA) is 123 Å². The summed E-state index contributed by atoms with van der Waals surface area (Å²) in [4.78, 5) is 11.6. The highest BCUT2D eigenvalue weighted by Gasteiger charge is 2.07. The Morgan fingerprint density at radius 2 is 2.36 bits per heavy atom. The number of anilines is 1. The van der Waals surface area contributed by atoms with Crippen molar-refractivity contribution in [2.24, 2.45) is 5.10 Å². The monoisotopic (exact) mass is 321 g/mol. The fourth-order valence-electron chi connectivity index (χ4n) is 1.59. The Morgan fingerprint density at radius 3 is 3.00 bits per heavy atom. The summed E-state index contributed by atoms with van der Waals surface area (Å²) in [5.41, 5.74) is 8.42. The van der Waals surface area contributed by atoms with E-state index in [1.807, 2.05) is 6.92 Å². The summed E-state index contributed by atoms with van der Waals surface area (Å²) in [6.45, 7) is 2.29. The molecule has 2 rings (SSSR count). The van der Waals surface area contributed by atoms with E-state index < -0.39 is 0 Å². The summed E-state index contributed by atoms with van der Waals surface area (Å²) >= 11 is 1.15. The zero-order valence-corrected chi connectivity index (χ0v) is 12.6. The summed E-state index contributed by atoms with van der Waals surface area (Å²) in [5, 5.41) is 21.7. The van der Waals surface area contributed by atoms with Gasteiger partial charge >= 0.3 is 0 Å². The van der Waals surface area contributed by atoms with Gasteiger partial charge in [-0.05, 0) is 30.7 Å².